The number of thiophene rings is 1. The van der Waals surface area contributed by atoms with Gasteiger partial charge in [-0.25, -0.2) is 15.1 Å². The minimum atomic E-state index is -4.94. The quantitative estimate of drug-likeness (QED) is 0.729. The summed E-state index contributed by atoms with van der Waals surface area (Å²) in [4.78, 5) is 15.7. The maximum atomic E-state index is 14.1. The number of aryl methyl sites for hydroxylation is 1. The Hall–Kier alpha value is -2.86. The summed E-state index contributed by atoms with van der Waals surface area (Å²) in [6, 6.07) is 10.3. The lowest BCUT2D eigenvalue weighted by atomic mass is 9.96. The first-order valence-corrected chi connectivity index (χ1v) is 9.59. The average molecular weight is 405 g/mol. The summed E-state index contributed by atoms with van der Waals surface area (Å²) in [6.07, 6.45) is -1.71. The number of carbonyl (C=O) groups is 1. The Morgan fingerprint density at radius 1 is 1.21 bits per heavy atom. The molecule has 4 rings (SSSR count). The number of hydrogen-bond acceptors (Lipinski definition) is 4. The molecule has 28 heavy (non-hydrogen) atoms. The number of rotatable bonds is 3. The first-order chi connectivity index (χ1) is 13.4. The standard InChI is InChI=1S/C19H15F3N4OS/c20-19(21,22)18(17(27)24-15(25-18)11-6-2-1-3-7-11)26-16-13(10-23)12-8-4-5-9-14(12)28-16/h1-3,6-7,26H,4-5,8-9H2,(H,24,25,27)/p+1/t18-/m1/s1. The number of nitriles is 1. The fourth-order valence-corrected chi connectivity index (χ4v) is 4.83. The van der Waals surface area contributed by atoms with Crippen molar-refractivity contribution in [2.45, 2.75) is 37.5 Å². The Morgan fingerprint density at radius 3 is 2.61 bits per heavy atom. The van der Waals surface area contributed by atoms with Crippen LogP contribution in [0.25, 0.3) is 0 Å². The van der Waals surface area contributed by atoms with Crippen molar-refractivity contribution in [1.29, 1.82) is 5.26 Å². The number of nitrogens with zero attached hydrogens (tertiary/aromatic N) is 1. The lowest BCUT2D eigenvalue weighted by Gasteiger charge is -2.24. The molecule has 1 aromatic heterocycles. The highest BCUT2D eigenvalue weighted by molar-refractivity contribution is 7.16. The van der Waals surface area contributed by atoms with Crippen LogP contribution >= 0.6 is 11.3 Å². The van der Waals surface area contributed by atoms with Crippen LogP contribution in [0.1, 0.15) is 34.4 Å². The molecule has 0 spiro atoms. The molecule has 3 N–H and O–H groups in total. The molecule has 0 fully saturated rings. The van der Waals surface area contributed by atoms with Gasteiger partial charge in [0.25, 0.3) is 5.84 Å². The third-order valence-corrected chi connectivity index (χ3v) is 6.17. The van der Waals surface area contributed by atoms with Gasteiger partial charge in [-0.1, -0.05) is 18.2 Å². The van der Waals surface area contributed by atoms with Crippen LogP contribution in [0.3, 0.4) is 0 Å². The monoisotopic (exact) mass is 405 g/mol. The average Bonchev–Trinajstić information content (AvgIpc) is 3.20. The molecule has 0 unspecified atom stereocenters. The van der Waals surface area contributed by atoms with Crippen LogP contribution in [0.15, 0.2) is 30.3 Å². The van der Waals surface area contributed by atoms with Crippen molar-refractivity contribution in [3.63, 3.8) is 0 Å². The van der Waals surface area contributed by atoms with Crippen LogP contribution in [0.4, 0.5) is 18.2 Å². The van der Waals surface area contributed by atoms with Crippen molar-refractivity contribution in [1.82, 2.24) is 5.32 Å². The van der Waals surface area contributed by atoms with Crippen molar-refractivity contribution in [2.24, 2.45) is 0 Å². The second-order valence-electron chi connectivity index (χ2n) is 6.72. The molecule has 0 radical (unpaired) electrons. The molecule has 0 saturated carbocycles. The number of halogens is 3. The van der Waals surface area contributed by atoms with E-state index in [0.717, 1.165) is 41.0 Å². The van der Waals surface area contributed by atoms with E-state index in [1.165, 1.54) is 0 Å². The van der Waals surface area contributed by atoms with Crippen LogP contribution < -0.4 is 15.6 Å². The van der Waals surface area contributed by atoms with Crippen molar-refractivity contribution < 1.29 is 23.0 Å². The molecular formula is C19H16F3N4OS+. The van der Waals surface area contributed by atoms with E-state index in [2.05, 4.69) is 15.6 Å². The highest BCUT2D eigenvalue weighted by Crippen LogP contribution is 2.40. The molecule has 1 aliphatic carbocycles. The van der Waals surface area contributed by atoms with Gasteiger partial charge in [0.05, 0.1) is 11.1 Å². The van der Waals surface area contributed by atoms with Crippen molar-refractivity contribution >= 4 is 28.1 Å². The predicted octanol–water partition coefficient (Wildman–Crippen LogP) is 1.83. The lowest BCUT2D eigenvalue weighted by molar-refractivity contribution is -0.566. The summed E-state index contributed by atoms with van der Waals surface area (Å²) in [5.41, 5.74) is -1.62. The molecule has 0 saturated heterocycles. The summed E-state index contributed by atoms with van der Waals surface area (Å²) < 4.78 is 42.2. The highest BCUT2D eigenvalue weighted by Gasteiger charge is 2.69. The van der Waals surface area contributed by atoms with Crippen LogP contribution in [0.2, 0.25) is 0 Å². The molecule has 144 valence electrons. The van der Waals surface area contributed by atoms with Gasteiger partial charge in [0.2, 0.25) is 0 Å². The minimum Gasteiger partial charge on any atom is -0.318 e. The van der Waals surface area contributed by atoms with Crippen molar-refractivity contribution in [2.75, 3.05) is 5.32 Å². The second kappa shape index (κ2) is 6.63. The largest absolute Gasteiger partial charge is 0.465 e. The summed E-state index contributed by atoms with van der Waals surface area (Å²) in [5.74, 6) is -1.29. The first kappa shape index (κ1) is 18.5. The van der Waals surface area contributed by atoms with Gasteiger partial charge in [0.15, 0.2) is 0 Å². The summed E-state index contributed by atoms with van der Waals surface area (Å²) >= 11 is 1.12. The molecule has 2 heterocycles. The Bertz CT molecular complexity index is 1010. The highest BCUT2D eigenvalue weighted by atomic mass is 32.1. The molecule has 0 bridgehead atoms. The third-order valence-electron chi connectivity index (χ3n) is 4.96. The Balaban J connectivity index is 1.81. The number of hydrogen-bond donors (Lipinski definition) is 3. The van der Waals surface area contributed by atoms with Crippen LogP contribution in [0, 0.1) is 11.3 Å². The Morgan fingerprint density at radius 2 is 1.93 bits per heavy atom. The molecule has 2 aromatic rings. The van der Waals surface area contributed by atoms with Crippen LogP contribution in [0.5, 0.6) is 0 Å². The van der Waals surface area contributed by atoms with E-state index in [1.54, 1.807) is 30.3 Å². The predicted molar refractivity (Wildman–Crippen MR) is 97.7 cm³/mol. The molecule has 2 aliphatic rings. The van der Waals surface area contributed by atoms with E-state index < -0.39 is 17.7 Å². The van der Waals surface area contributed by atoms with Crippen LogP contribution in [-0.2, 0) is 17.6 Å². The number of benzene rings is 1. The maximum absolute atomic E-state index is 14.1. The number of carbonyl (C=O) groups excluding carboxylic acids is 1. The lowest BCUT2D eigenvalue weighted by Crippen LogP contribution is -2.94. The molecular weight excluding hydrogens is 389 g/mol. The Labute approximate surface area is 162 Å². The van der Waals surface area contributed by atoms with Gasteiger partial charge in [0.1, 0.15) is 11.1 Å². The fraction of sp³-hybridized carbons (Fsp3) is 0.316. The molecule has 5 nitrogen and oxygen atoms in total. The zero-order valence-electron chi connectivity index (χ0n) is 14.6. The zero-order chi connectivity index (χ0) is 19.9. The molecule has 1 amide bonds. The number of amidine groups is 1. The van der Waals surface area contributed by atoms with Gasteiger partial charge >= 0.3 is 17.7 Å². The number of alkyl halides is 3. The number of amides is 1. The van der Waals surface area contributed by atoms with Gasteiger partial charge in [0, 0.05) is 4.88 Å². The first-order valence-electron chi connectivity index (χ1n) is 8.77. The smallest absolute Gasteiger partial charge is 0.318 e. The third kappa shape index (κ3) is 2.85. The topological polar surface area (TPSA) is 78.9 Å². The molecule has 1 aromatic carbocycles. The van der Waals surface area contributed by atoms with Gasteiger partial charge < -0.3 is 5.32 Å². The number of nitrogens with one attached hydrogen (secondary N) is 3. The maximum Gasteiger partial charge on any atom is 0.465 e. The Kier molecular flexibility index (Phi) is 4.38. The van der Waals surface area contributed by atoms with Gasteiger partial charge in [-0.15, -0.1) is 11.3 Å². The summed E-state index contributed by atoms with van der Waals surface area (Å²) in [5, 5.41) is 14.2. The van der Waals surface area contributed by atoms with Crippen molar-refractivity contribution in [3.05, 3.63) is 51.9 Å². The molecule has 9 heteroatoms. The van der Waals surface area contributed by atoms with E-state index in [0.29, 0.717) is 12.0 Å². The van der Waals surface area contributed by atoms with E-state index in [1.807, 2.05) is 6.07 Å². The SMILES string of the molecule is N#Cc1c(N[C@]2(C(F)(F)F)[NH+]=C(c3ccccc3)NC2=O)sc2c1CCCC2. The summed E-state index contributed by atoms with van der Waals surface area (Å²) in [6.45, 7) is 0. The van der Waals surface area contributed by atoms with Crippen LogP contribution in [-0.4, -0.2) is 23.6 Å². The second-order valence-corrected chi connectivity index (χ2v) is 7.82. The normalized spacial score (nSPS) is 21.5. The molecule has 1 aliphatic heterocycles. The van der Waals surface area contributed by atoms with E-state index in [9.17, 15) is 23.2 Å². The van der Waals surface area contributed by atoms with Gasteiger partial charge in [-0.05, 0) is 43.4 Å². The van der Waals surface area contributed by atoms with Crippen molar-refractivity contribution in [3.8, 4) is 6.07 Å². The van der Waals surface area contributed by atoms with E-state index in [-0.39, 0.29) is 16.4 Å². The number of fused-ring (bicyclic) bond motifs is 1. The van der Waals surface area contributed by atoms with Gasteiger partial charge in [-0.2, -0.15) is 18.4 Å². The minimum absolute atomic E-state index is 0.0322. The molecule has 1 atom stereocenters. The fourth-order valence-electron chi connectivity index (χ4n) is 3.53. The van der Waals surface area contributed by atoms with Gasteiger partial charge in [-0.3, -0.25) is 0 Å². The van der Waals surface area contributed by atoms with E-state index in [4.69, 9.17) is 0 Å². The number of anilines is 1. The zero-order valence-corrected chi connectivity index (χ0v) is 15.4. The summed E-state index contributed by atoms with van der Waals surface area (Å²) in [7, 11) is 0. The van der Waals surface area contributed by atoms with E-state index >= 15 is 0 Å².